The number of aryl methyl sites for hydroxylation is 2. The molecule has 4 rings (SSSR count). The number of nitro groups is 1. The predicted molar refractivity (Wildman–Crippen MR) is 128 cm³/mol. The number of amides is 3. The molecule has 0 aromatic heterocycles. The zero-order valence-electron chi connectivity index (χ0n) is 18.5. The number of rotatable bonds is 7. The Labute approximate surface area is 196 Å². The van der Waals surface area contributed by atoms with E-state index in [-0.39, 0.29) is 17.1 Å². The van der Waals surface area contributed by atoms with Crippen LogP contribution in [-0.2, 0) is 17.6 Å². The molecule has 34 heavy (non-hydrogen) atoms. The van der Waals surface area contributed by atoms with Crippen LogP contribution in [0.25, 0.3) is 0 Å². The third kappa shape index (κ3) is 5.15. The Bertz CT molecular complexity index is 1230. The average Bonchev–Trinajstić information content (AvgIpc) is 3.31. The molecular formula is C25H24N4O5. The van der Waals surface area contributed by atoms with E-state index in [2.05, 4.69) is 16.0 Å². The first kappa shape index (κ1) is 22.8. The molecule has 1 atom stereocenters. The van der Waals surface area contributed by atoms with Crippen molar-refractivity contribution in [3.8, 4) is 5.75 Å². The van der Waals surface area contributed by atoms with Crippen LogP contribution in [0.4, 0.5) is 21.9 Å². The Hall–Kier alpha value is -4.40. The maximum Gasteiger partial charge on any atom is 0.320 e. The van der Waals surface area contributed by atoms with E-state index in [0.717, 1.165) is 19.3 Å². The number of non-ortho nitro benzene ring substituents is 1. The van der Waals surface area contributed by atoms with Gasteiger partial charge in [-0.2, -0.15) is 0 Å². The molecule has 1 aliphatic carbocycles. The number of hydrogen-bond acceptors (Lipinski definition) is 5. The third-order valence-corrected chi connectivity index (χ3v) is 5.68. The number of nitrogens with one attached hydrogen (secondary N) is 3. The lowest BCUT2D eigenvalue weighted by molar-refractivity contribution is -0.384. The normalized spacial score (nSPS) is 12.9. The van der Waals surface area contributed by atoms with Crippen LogP contribution in [0.3, 0.4) is 0 Å². The highest BCUT2D eigenvalue weighted by Gasteiger charge is 2.24. The van der Waals surface area contributed by atoms with Crippen LogP contribution in [-0.4, -0.2) is 24.0 Å². The number of fused-ring (bicyclic) bond motifs is 1. The molecule has 0 fully saturated rings. The lowest BCUT2D eigenvalue weighted by atomic mass is 10.1. The topological polar surface area (TPSA) is 123 Å². The summed E-state index contributed by atoms with van der Waals surface area (Å²) in [5.41, 5.74) is 3.67. The number of benzene rings is 3. The van der Waals surface area contributed by atoms with E-state index in [1.807, 2.05) is 24.3 Å². The van der Waals surface area contributed by atoms with Crippen LogP contribution >= 0.6 is 0 Å². The number of nitrogens with zero attached hydrogens (tertiary/aromatic N) is 1. The maximum atomic E-state index is 13.2. The second kappa shape index (κ2) is 10.0. The van der Waals surface area contributed by atoms with Crippen molar-refractivity contribution in [1.82, 2.24) is 5.32 Å². The molecule has 0 saturated heterocycles. The number of nitro benzene ring substituents is 1. The minimum atomic E-state index is -1.00. The van der Waals surface area contributed by atoms with E-state index < -0.39 is 22.9 Å². The fourth-order valence-corrected chi connectivity index (χ4v) is 4.01. The van der Waals surface area contributed by atoms with Crippen LogP contribution in [0, 0.1) is 10.1 Å². The minimum absolute atomic E-state index is 0.111. The standard InChI is InChI=1S/C25H24N4O5/c1-34-22-13-12-20(29(32)33)15-21(22)27-25(31)28-23(17-6-3-2-4-7-17)24(30)26-19-11-10-16-8-5-9-18(16)14-19/h2-4,6-7,10-15,23H,5,8-9H2,1H3,(H,26,30)(H2,27,28,31). The summed E-state index contributed by atoms with van der Waals surface area (Å²) in [6.07, 6.45) is 3.12. The highest BCUT2D eigenvalue weighted by Crippen LogP contribution is 2.29. The van der Waals surface area contributed by atoms with Gasteiger partial charge in [0.15, 0.2) is 0 Å². The number of ether oxygens (including phenoxy) is 1. The summed E-state index contributed by atoms with van der Waals surface area (Å²) in [5, 5.41) is 19.2. The van der Waals surface area contributed by atoms with Crippen LogP contribution in [0.15, 0.2) is 66.7 Å². The van der Waals surface area contributed by atoms with E-state index in [4.69, 9.17) is 4.74 Å². The summed E-state index contributed by atoms with van der Waals surface area (Å²) < 4.78 is 5.19. The molecule has 3 amide bonds. The van der Waals surface area contributed by atoms with Gasteiger partial charge in [0.25, 0.3) is 11.6 Å². The van der Waals surface area contributed by atoms with E-state index >= 15 is 0 Å². The molecule has 0 heterocycles. The van der Waals surface area contributed by atoms with Crippen molar-refractivity contribution in [1.29, 1.82) is 0 Å². The maximum absolute atomic E-state index is 13.2. The molecule has 1 unspecified atom stereocenters. The summed E-state index contributed by atoms with van der Waals surface area (Å²) in [6, 6.07) is 16.8. The molecule has 3 N–H and O–H groups in total. The first-order valence-corrected chi connectivity index (χ1v) is 10.8. The molecule has 0 radical (unpaired) electrons. The molecule has 0 bridgehead atoms. The van der Waals surface area contributed by atoms with Crippen molar-refractivity contribution < 1.29 is 19.2 Å². The van der Waals surface area contributed by atoms with Crippen molar-refractivity contribution in [3.63, 3.8) is 0 Å². The molecule has 0 spiro atoms. The number of anilines is 2. The van der Waals surface area contributed by atoms with Crippen molar-refractivity contribution >= 4 is 29.0 Å². The quantitative estimate of drug-likeness (QED) is 0.351. The highest BCUT2D eigenvalue weighted by atomic mass is 16.6. The second-order valence-corrected chi connectivity index (χ2v) is 7.91. The lowest BCUT2D eigenvalue weighted by Crippen LogP contribution is -2.39. The van der Waals surface area contributed by atoms with Gasteiger partial charge in [0.1, 0.15) is 11.8 Å². The van der Waals surface area contributed by atoms with E-state index in [1.54, 1.807) is 24.3 Å². The first-order valence-electron chi connectivity index (χ1n) is 10.8. The minimum Gasteiger partial charge on any atom is -0.495 e. The largest absolute Gasteiger partial charge is 0.495 e. The zero-order valence-corrected chi connectivity index (χ0v) is 18.5. The molecule has 0 aliphatic heterocycles. The SMILES string of the molecule is COc1ccc([N+](=O)[O-])cc1NC(=O)NC(C(=O)Nc1ccc2c(c1)CCC2)c1ccccc1. The van der Waals surface area contributed by atoms with Crippen LogP contribution < -0.4 is 20.7 Å². The van der Waals surface area contributed by atoms with Crippen molar-refractivity contribution in [2.75, 3.05) is 17.7 Å². The highest BCUT2D eigenvalue weighted by molar-refractivity contribution is 6.00. The van der Waals surface area contributed by atoms with Gasteiger partial charge in [-0.25, -0.2) is 4.79 Å². The number of carbonyl (C=O) groups is 2. The summed E-state index contributed by atoms with van der Waals surface area (Å²) in [5.74, 6) is -0.162. The monoisotopic (exact) mass is 460 g/mol. The number of hydrogen-bond donors (Lipinski definition) is 3. The van der Waals surface area contributed by atoms with Crippen LogP contribution in [0.1, 0.15) is 29.2 Å². The predicted octanol–water partition coefficient (Wildman–Crippen LogP) is 4.59. The second-order valence-electron chi connectivity index (χ2n) is 7.91. The van der Waals surface area contributed by atoms with Gasteiger partial charge in [-0.15, -0.1) is 0 Å². The van der Waals surface area contributed by atoms with Crippen molar-refractivity contribution in [3.05, 3.63) is 93.5 Å². The fourth-order valence-electron chi connectivity index (χ4n) is 4.01. The number of carbonyl (C=O) groups excluding carboxylic acids is 2. The fraction of sp³-hybridized carbons (Fsp3) is 0.200. The van der Waals surface area contributed by atoms with Gasteiger partial charge in [0, 0.05) is 17.8 Å². The molecule has 3 aromatic carbocycles. The number of methoxy groups -OCH3 is 1. The molecule has 0 saturated carbocycles. The first-order chi connectivity index (χ1) is 16.4. The van der Waals surface area contributed by atoms with E-state index in [0.29, 0.717) is 11.3 Å². The molecule has 3 aromatic rings. The number of urea groups is 1. The Morgan fingerprint density at radius 1 is 0.971 bits per heavy atom. The molecule has 9 nitrogen and oxygen atoms in total. The Morgan fingerprint density at radius 3 is 2.47 bits per heavy atom. The van der Waals surface area contributed by atoms with Crippen LogP contribution in [0.5, 0.6) is 5.75 Å². The van der Waals surface area contributed by atoms with Crippen molar-refractivity contribution in [2.45, 2.75) is 25.3 Å². The van der Waals surface area contributed by atoms with Gasteiger partial charge in [0.2, 0.25) is 0 Å². The van der Waals surface area contributed by atoms with Gasteiger partial charge >= 0.3 is 6.03 Å². The van der Waals surface area contributed by atoms with E-state index in [9.17, 15) is 19.7 Å². The Balaban J connectivity index is 1.54. The summed E-state index contributed by atoms with van der Waals surface area (Å²) in [7, 11) is 1.39. The smallest absolute Gasteiger partial charge is 0.320 e. The van der Waals surface area contributed by atoms with Crippen LogP contribution in [0.2, 0.25) is 0 Å². The molecule has 174 valence electrons. The van der Waals surface area contributed by atoms with Gasteiger partial charge in [0.05, 0.1) is 17.7 Å². The third-order valence-electron chi connectivity index (χ3n) is 5.68. The summed E-state index contributed by atoms with van der Waals surface area (Å²) in [6.45, 7) is 0. The van der Waals surface area contributed by atoms with Gasteiger partial charge in [-0.3, -0.25) is 14.9 Å². The molecular weight excluding hydrogens is 436 g/mol. The lowest BCUT2D eigenvalue weighted by Gasteiger charge is -2.20. The Morgan fingerprint density at radius 2 is 1.74 bits per heavy atom. The van der Waals surface area contributed by atoms with Gasteiger partial charge in [-0.05, 0) is 54.2 Å². The Kier molecular flexibility index (Phi) is 6.72. The summed E-state index contributed by atoms with van der Waals surface area (Å²) in [4.78, 5) is 36.6. The molecule has 9 heteroatoms. The summed E-state index contributed by atoms with van der Waals surface area (Å²) >= 11 is 0. The zero-order chi connectivity index (χ0) is 24.1. The van der Waals surface area contributed by atoms with Gasteiger partial charge < -0.3 is 20.7 Å². The molecule has 1 aliphatic rings. The van der Waals surface area contributed by atoms with Gasteiger partial charge in [-0.1, -0.05) is 36.4 Å². The van der Waals surface area contributed by atoms with Crippen molar-refractivity contribution in [2.24, 2.45) is 0 Å². The van der Waals surface area contributed by atoms with E-state index in [1.165, 1.54) is 36.4 Å². The average molecular weight is 460 g/mol.